The van der Waals surface area contributed by atoms with Crippen molar-refractivity contribution in [2.24, 2.45) is 15.9 Å². The first-order chi connectivity index (χ1) is 25.5. The minimum atomic E-state index is -0.000119. The van der Waals surface area contributed by atoms with E-state index in [4.69, 9.17) is 20.5 Å². The molecule has 7 aromatic rings. The molecule has 2 N–H and O–H groups in total. The highest BCUT2D eigenvalue weighted by Gasteiger charge is 2.31. The van der Waals surface area contributed by atoms with Gasteiger partial charge in [0.1, 0.15) is 5.75 Å². The van der Waals surface area contributed by atoms with Gasteiger partial charge in [0.05, 0.1) is 18.9 Å². The summed E-state index contributed by atoms with van der Waals surface area (Å²) in [5.41, 5.74) is 16.3. The van der Waals surface area contributed by atoms with E-state index in [1.807, 2.05) is 35.6 Å². The minimum absolute atomic E-state index is 0.000119. The molecule has 0 saturated carbocycles. The average Bonchev–Trinajstić information content (AvgIpc) is 3.57. The van der Waals surface area contributed by atoms with Crippen LogP contribution < -0.4 is 10.5 Å². The fourth-order valence-corrected chi connectivity index (χ4v) is 8.38. The van der Waals surface area contributed by atoms with Crippen LogP contribution in [0, 0.1) is 5.92 Å². The number of nitrogen functional groups attached to an aromatic ring is 1. The number of amidine groups is 1. The van der Waals surface area contributed by atoms with E-state index < -0.39 is 0 Å². The molecule has 0 fully saturated rings. The average molecular weight is 696 g/mol. The lowest BCUT2D eigenvalue weighted by Crippen LogP contribution is -2.28. The van der Waals surface area contributed by atoms with Gasteiger partial charge in [-0.15, -0.1) is 11.3 Å². The molecule has 256 valence electrons. The number of ether oxygens (including phenoxy) is 1. The Morgan fingerprint density at radius 3 is 2.19 bits per heavy atom. The van der Waals surface area contributed by atoms with E-state index in [-0.39, 0.29) is 17.9 Å². The highest BCUT2D eigenvalue weighted by Crippen LogP contribution is 2.40. The molecule has 4 nitrogen and oxygen atoms in total. The predicted octanol–water partition coefficient (Wildman–Crippen LogP) is 12.1. The molecule has 1 aliphatic heterocycles. The van der Waals surface area contributed by atoms with Gasteiger partial charge in [0.15, 0.2) is 5.84 Å². The van der Waals surface area contributed by atoms with Crippen molar-refractivity contribution in [3.8, 4) is 16.9 Å². The number of nitrogens with zero attached hydrogens (tertiary/aromatic N) is 2. The van der Waals surface area contributed by atoms with E-state index in [1.165, 1.54) is 36.9 Å². The summed E-state index contributed by atoms with van der Waals surface area (Å²) in [6.45, 7) is 4.44. The van der Waals surface area contributed by atoms with Gasteiger partial charge in [-0.25, -0.2) is 4.99 Å². The van der Waals surface area contributed by atoms with Crippen LogP contribution in [0.2, 0.25) is 0 Å². The van der Waals surface area contributed by atoms with E-state index in [0.29, 0.717) is 0 Å². The molecule has 6 aromatic carbocycles. The lowest BCUT2D eigenvalue weighted by molar-refractivity contribution is 0.414. The van der Waals surface area contributed by atoms with Crippen molar-refractivity contribution in [3.63, 3.8) is 0 Å². The van der Waals surface area contributed by atoms with Gasteiger partial charge in [0.2, 0.25) is 0 Å². The molecule has 0 bridgehead atoms. The highest BCUT2D eigenvalue weighted by atomic mass is 32.1. The monoisotopic (exact) mass is 695 g/mol. The van der Waals surface area contributed by atoms with E-state index in [9.17, 15) is 0 Å². The van der Waals surface area contributed by atoms with Crippen molar-refractivity contribution in [2.45, 2.75) is 32.2 Å². The maximum Gasteiger partial charge on any atom is 0.155 e. The maximum absolute atomic E-state index is 6.47. The number of rotatable bonds is 9. The number of fused-ring (bicyclic) bond motifs is 3. The van der Waals surface area contributed by atoms with Crippen LogP contribution in [-0.2, 0) is 0 Å². The summed E-state index contributed by atoms with van der Waals surface area (Å²) in [5, 5.41) is 2.52. The van der Waals surface area contributed by atoms with Crippen LogP contribution in [0.3, 0.4) is 0 Å². The van der Waals surface area contributed by atoms with Crippen LogP contribution in [-0.4, -0.2) is 18.7 Å². The normalized spacial score (nSPS) is 16.6. The first-order valence-corrected chi connectivity index (χ1v) is 18.8. The van der Waals surface area contributed by atoms with E-state index >= 15 is 0 Å². The molecule has 52 heavy (non-hydrogen) atoms. The van der Waals surface area contributed by atoms with Crippen molar-refractivity contribution in [1.29, 1.82) is 0 Å². The lowest BCUT2D eigenvalue weighted by Gasteiger charge is -2.30. The maximum atomic E-state index is 6.47. The number of aliphatic imine (C=N–C) groups is 2. The molecule has 1 aliphatic rings. The second kappa shape index (κ2) is 14.5. The molecular weight excluding hydrogens is 655 g/mol. The van der Waals surface area contributed by atoms with Crippen molar-refractivity contribution >= 4 is 54.8 Å². The summed E-state index contributed by atoms with van der Waals surface area (Å²) in [4.78, 5) is 10.5. The molecule has 2 heterocycles. The zero-order chi connectivity index (χ0) is 35.6. The molecule has 5 heteroatoms. The van der Waals surface area contributed by atoms with Crippen LogP contribution >= 0.6 is 11.3 Å². The Labute approximate surface area is 309 Å². The minimum Gasteiger partial charge on any atom is -0.497 e. The number of benzene rings is 6. The fraction of sp³-hybridized carbons (Fsp3) is 0.149. The van der Waals surface area contributed by atoms with Crippen molar-refractivity contribution in [2.75, 3.05) is 12.8 Å². The van der Waals surface area contributed by atoms with Gasteiger partial charge in [-0.05, 0) is 88.2 Å². The summed E-state index contributed by atoms with van der Waals surface area (Å²) >= 11 is 1.84. The standard InChI is InChI=1S/C47H41N3OS/c1-4-39-45(32-11-7-5-8-12-32)49-47(33-13-9-6-10-14-33)50-46(39)37-19-24-40-41-28-35(21-26-43(41)52-44(40)29-37)34-20-25-42(48)36(27-34)16-15-30(2)31-17-22-38(51-3)23-18-31/h5-30,39,45H,4,48H2,1-3H3/b16-15-. The molecule has 3 unspecified atom stereocenters. The summed E-state index contributed by atoms with van der Waals surface area (Å²) in [6, 6.07) is 49.3. The van der Waals surface area contributed by atoms with Gasteiger partial charge < -0.3 is 10.5 Å². The molecule has 3 atom stereocenters. The van der Waals surface area contributed by atoms with Crippen LogP contribution in [0.25, 0.3) is 37.4 Å². The van der Waals surface area contributed by atoms with Crippen molar-refractivity contribution in [1.82, 2.24) is 0 Å². The van der Waals surface area contributed by atoms with Gasteiger partial charge in [-0.2, -0.15) is 0 Å². The van der Waals surface area contributed by atoms with Gasteiger partial charge in [-0.3, -0.25) is 4.99 Å². The number of methoxy groups -OCH3 is 1. The van der Waals surface area contributed by atoms with Crippen LogP contribution in [0.4, 0.5) is 5.69 Å². The van der Waals surface area contributed by atoms with Gasteiger partial charge >= 0.3 is 0 Å². The summed E-state index contributed by atoms with van der Waals surface area (Å²) in [6.07, 6.45) is 5.29. The molecule has 1 aromatic heterocycles. The number of hydrogen-bond donors (Lipinski definition) is 1. The SMILES string of the molecule is CCC1C(c2ccc3c(c2)sc2ccc(-c4ccc(N)c(/C=C\C(C)c5ccc(OC)cc5)c4)cc23)=NC(c2ccccc2)=NC1c1ccccc1. The number of allylic oxidation sites excluding steroid dienone is 1. The summed E-state index contributed by atoms with van der Waals surface area (Å²) in [7, 11) is 1.69. The first-order valence-electron chi connectivity index (χ1n) is 17.9. The Morgan fingerprint density at radius 1 is 0.731 bits per heavy atom. The number of thiophene rings is 1. The molecule has 0 radical (unpaired) electrons. The van der Waals surface area contributed by atoms with Crippen LogP contribution in [0.5, 0.6) is 5.75 Å². The Morgan fingerprint density at radius 2 is 1.44 bits per heavy atom. The number of anilines is 1. The van der Waals surface area contributed by atoms with Crippen LogP contribution in [0.1, 0.15) is 60.0 Å². The van der Waals surface area contributed by atoms with Crippen molar-refractivity contribution in [3.05, 3.63) is 173 Å². The Kier molecular flexibility index (Phi) is 9.27. The Balaban J connectivity index is 1.13. The van der Waals surface area contributed by atoms with E-state index in [2.05, 4.69) is 141 Å². The van der Waals surface area contributed by atoms with Crippen molar-refractivity contribution < 1.29 is 4.74 Å². The topological polar surface area (TPSA) is 60.0 Å². The largest absolute Gasteiger partial charge is 0.497 e. The highest BCUT2D eigenvalue weighted by molar-refractivity contribution is 7.25. The number of nitrogens with two attached hydrogens (primary N) is 1. The summed E-state index contributed by atoms with van der Waals surface area (Å²) < 4.78 is 7.85. The second-order valence-corrected chi connectivity index (χ2v) is 14.6. The lowest BCUT2D eigenvalue weighted by atomic mass is 9.83. The third kappa shape index (κ3) is 6.56. The molecule has 0 aliphatic carbocycles. The third-order valence-electron chi connectivity index (χ3n) is 10.2. The van der Waals surface area contributed by atoms with Gasteiger partial charge in [0.25, 0.3) is 0 Å². The Hall–Kier alpha value is -5.78. The molecular formula is C47H41N3OS. The van der Waals surface area contributed by atoms with Gasteiger partial charge in [-0.1, -0.05) is 123 Å². The predicted molar refractivity (Wildman–Crippen MR) is 222 cm³/mol. The number of hydrogen-bond acceptors (Lipinski definition) is 5. The zero-order valence-corrected chi connectivity index (χ0v) is 30.5. The molecule has 8 rings (SSSR count). The molecule has 0 spiro atoms. The Bertz CT molecular complexity index is 2460. The molecule has 0 saturated heterocycles. The van der Waals surface area contributed by atoms with E-state index in [0.717, 1.165) is 51.7 Å². The van der Waals surface area contributed by atoms with Crippen LogP contribution in [0.15, 0.2) is 156 Å². The summed E-state index contributed by atoms with van der Waals surface area (Å²) in [5.74, 6) is 2.06. The van der Waals surface area contributed by atoms with Gasteiger partial charge in [0, 0.05) is 37.3 Å². The quantitative estimate of drug-likeness (QED) is 0.153. The zero-order valence-electron chi connectivity index (χ0n) is 29.7. The second-order valence-electron chi connectivity index (χ2n) is 13.5. The molecule has 0 amide bonds. The fourth-order valence-electron chi connectivity index (χ4n) is 7.26. The third-order valence-corrected chi connectivity index (χ3v) is 11.4. The first kappa shape index (κ1) is 33.4. The van der Waals surface area contributed by atoms with E-state index in [1.54, 1.807) is 7.11 Å². The smallest absolute Gasteiger partial charge is 0.155 e.